The number of aromatic carboxylic acids is 1. The van der Waals surface area contributed by atoms with Gasteiger partial charge in [-0.1, -0.05) is 20.8 Å². The molecule has 0 unspecified atom stereocenters. The summed E-state index contributed by atoms with van der Waals surface area (Å²) in [6.45, 7) is 5.14. The van der Waals surface area contributed by atoms with Gasteiger partial charge in [0.05, 0.1) is 5.56 Å². The van der Waals surface area contributed by atoms with Gasteiger partial charge >= 0.3 is 5.97 Å². The molecule has 0 radical (unpaired) electrons. The van der Waals surface area contributed by atoms with Crippen LogP contribution in [0.2, 0.25) is 0 Å². The third kappa shape index (κ3) is 3.16. The van der Waals surface area contributed by atoms with E-state index >= 15 is 0 Å². The highest BCUT2D eigenvalue weighted by atomic mass is 16.4. The normalized spacial score (nSPS) is 12.3. The fourth-order valence-corrected chi connectivity index (χ4v) is 1.21. The Kier molecular flexibility index (Phi) is 3.86. The Morgan fingerprint density at radius 3 is 2.33 bits per heavy atom. The number of aromatic nitrogens is 1. The highest BCUT2D eigenvalue weighted by molar-refractivity contribution is 6.01. The van der Waals surface area contributed by atoms with Gasteiger partial charge in [-0.2, -0.15) is 0 Å². The van der Waals surface area contributed by atoms with Gasteiger partial charge in [0, 0.05) is 29.4 Å². The molecule has 96 valence electrons. The van der Waals surface area contributed by atoms with E-state index in [0.717, 1.165) is 12.3 Å². The number of rotatable bonds is 3. The number of pyridine rings is 1. The van der Waals surface area contributed by atoms with E-state index in [-0.39, 0.29) is 22.7 Å². The quantitative estimate of drug-likeness (QED) is 0.634. The molecule has 18 heavy (non-hydrogen) atoms. The van der Waals surface area contributed by atoms with Crippen molar-refractivity contribution in [3.8, 4) is 0 Å². The lowest BCUT2D eigenvalue weighted by molar-refractivity contribution is -0.121. The van der Waals surface area contributed by atoms with E-state index in [1.54, 1.807) is 20.8 Å². The molecule has 1 heterocycles. The first kappa shape index (κ1) is 13.9. The SMILES string of the molecule is CC(C)(C)C(=O)/C=C(\O)c1ccncc1C(=O)O. The van der Waals surface area contributed by atoms with Crippen LogP contribution < -0.4 is 0 Å². The van der Waals surface area contributed by atoms with Crippen molar-refractivity contribution >= 4 is 17.5 Å². The largest absolute Gasteiger partial charge is 0.507 e. The maximum atomic E-state index is 11.7. The third-order valence-electron chi connectivity index (χ3n) is 2.33. The molecule has 0 aliphatic rings. The molecule has 0 aromatic carbocycles. The van der Waals surface area contributed by atoms with Gasteiger partial charge in [0.2, 0.25) is 0 Å². The number of carboxylic acid groups (broad SMARTS) is 1. The molecule has 0 atom stereocenters. The van der Waals surface area contributed by atoms with Crippen LogP contribution in [-0.2, 0) is 4.79 Å². The lowest BCUT2D eigenvalue weighted by Gasteiger charge is -2.14. The van der Waals surface area contributed by atoms with Crippen molar-refractivity contribution in [2.24, 2.45) is 5.41 Å². The molecule has 0 bridgehead atoms. The molecular weight excluding hydrogens is 234 g/mol. The molecule has 0 aliphatic carbocycles. The number of ketones is 1. The van der Waals surface area contributed by atoms with Gasteiger partial charge in [-0.15, -0.1) is 0 Å². The smallest absolute Gasteiger partial charge is 0.338 e. The van der Waals surface area contributed by atoms with E-state index in [0.29, 0.717) is 0 Å². The number of allylic oxidation sites excluding steroid dienone is 1. The zero-order chi connectivity index (χ0) is 13.9. The standard InChI is InChI=1S/C13H15NO4/c1-13(2,3)11(16)6-10(15)8-4-5-14-7-9(8)12(17)18/h4-7,15H,1-3H3,(H,17,18)/b10-6-. The van der Waals surface area contributed by atoms with Gasteiger partial charge in [0.15, 0.2) is 5.78 Å². The lowest BCUT2D eigenvalue weighted by atomic mass is 9.90. The maximum Gasteiger partial charge on any atom is 0.338 e. The summed E-state index contributed by atoms with van der Waals surface area (Å²) in [4.78, 5) is 26.3. The second-order valence-electron chi connectivity index (χ2n) is 4.87. The van der Waals surface area contributed by atoms with Crippen LogP contribution in [0, 0.1) is 5.41 Å². The summed E-state index contributed by atoms with van der Waals surface area (Å²) in [5.74, 6) is -1.86. The fraction of sp³-hybridized carbons (Fsp3) is 0.308. The van der Waals surface area contributed by atoms with E-state index < -0.39 is 11.4 Å². The maximum absolute atomic E-state index is 11.7. The number of hydrogen-bond acceptors (Lipinski definition) is 4. The number of aliphatic hydroxyl groups excluding tert-OH is 1. The molecule has 5 nitrogen and oxygen atoms in total. The summed E-state index contributed by atoms with van der Waals surface area (Å²) in [6, 6.07) is 1.35. The number of aliphatic hydroxyl groups is 1. The Hall–Kier alpha value is -2.17. The van der Waals surface area contributed by atoms with E-state index in [9.17, 15) is 14.7 Å². The first-order valence-corrected chi connectivity index (χ1v) is 5.36. The van der Waals surface area contributed by atoms with Gasteiger partial charge in [-0.05, 0) is 6.07 Å². The number of carboxylic acids is 1. The Balaban J connectivity index is 3.20. The second kappa shape index (κ2) is 5.00. The molecular formula is C13H15NO4. The van der Waals surface area contributed by atoms with Crippen molar-refractivity contribution in [3.63, 3.8) is 0 Å². The molecule has 1 aromatic rings. The van der Waals surface area contributed by atoms with Gasteiger partial charge < -0.3 is 10.2 Å². The molecule has 1 aromatic heterocycles. The average Bonchev–Trinajstić information content (AvgIpc) is 2.27. The van der Waals surface area contributed by atoms with Gasteiger partial charge in [-0.25, -0.2) is 4.79 Å². The summed E-state index contributed by atoms with van der Waals surface area (Å²) in [5.41, 5.74) is -0.701. The van der Waals surface area contributed by atoms with Gasteiger partial charge in [0.1, 0.15) is 5.76 Å². The van der Waals surface area contributed by atoms with E-state index in [4.69, 9.17) is 5.11 Å². The Labute approximate surface area is 105 Å². The lowest BCUT2D eigenvalue weighted by Crippen LogP contribution is -2.18. The minimum absolute atomic E-state index is 0.0788. The molecule has 1 rings (SSSR count). The number of carbonyl (C=O) groups is 2. The molecule has 2 N–H and O–H groups in total. The minimum atomic E-state index is -1.21. The van der Waals surface area contributed by atoms with Crippen LogP contribution in [0.5, 0.6) is 0 Å². The monoisotopic (exact) mass is 249 g/mol. The number of carbonyl (C=O) groups excluding carboxylic acids is 1. The van der Waals surface area contributed by atoms with Gasteiger partial charge in [0.25, 0.3) is 0 Å². The van der Waals surface area contributed by atoms with Crippen LogP contribution in [0.3, 0.4) is 0 Å². The molecule has 5 heteroatoms. The Morgan fingerprint density at radius 2 is 1.83 bits per heavy atom. The number of nitrogens with zero attached hydrogens (tertiary/aromatic N) is 1. The zero-order valence-electron chi connectivity index (χ0n) is 10.5. The Bertz CT molecular complexity index is 512. The second-order valence-corrected chi connectivity index (χ2v) is 4.87. The van der Waals surface area contributed by atoms with Crippen LogP contribution in [0.1, 0.15) is 36.7 Å². The molecule has 0 fully saturated rings. The zero-order valence-corrected chi connectivity index (χ0v) is 10.5. The summed E-state index contributed by atoms with van der Waals surface area (Å²) in [6.07, 6.45) is 3.53. The predicted octanol–water partition coefficient (Wildman–Crippen LogP) is 2.29. The molecule has 0 aliphatic heterocycles. The summed E-state index contributed by atoms with van der Waals surface area (Å²) in [5, 5.41) is 18.8. The van der Waals surface area contributed by atoms with Crippen molar-refractivity contribution in [2.75, 3.05) is 0 Å². The minimum Gasteiger partial charge on any atom is -0.507 e. The van der Waals surface area contributed by atoms with Crippen molar-refractivity contribution in [1.29, 1.82) is 0 Å². The fourth-order valence-electron chi connectivity index (χ4n) is 1.21. The van der Waals surface area contributed by atoms with E-state index in [1.165, 1.54) is 12.3 Å². The topological polar surface area (TPSA) is 87.5 Å². The molecule has 0 amide bonds. The van der Waals surface area contributed by atoms with Crippen molar-refractivity contribution in [3.05, 3.63) is 35.7 Å². The van der Waals surface area contributed by atoms with Crippen molar-refractivity contribution < 1.29 is 19.8 Å². The molecule has 0 saturated carbocycles. The summed E-state index contributed by atoms with van der Waals surface area (Å²) in [7, 11) is 0. The highest BCUT2D eigenvalue weighted by Crippen LogP contribution is 2.20. The van der Waals surface area contributed by atoms with Crippen LogP contribution in [0.15, 0.2) is 24.5 Å². The predicted molar refractivity (Wildman–Crippen MR) is 66.3 cm³/mol. The van der Waals surface area contributed by atoms with Crippen LogP contribution in [-0.4, -0.2) is 26.9 Å². The number of hydrogen-bond donors (Lipinski definition) is 2. The van der Waals surface area contributed by atoms with Crippen molar-refractivity contribution in [1.82, 2.24) is 4.98 Å². The van der Waals surface area contributed by atoms with E-state index in [2.05, 4.69) is 4.98 Å². The molecule has 0 spiro atoms. The summed E-state index contributed by atoms with van der Waals surface area (Å²) >= 11 is 0. The van der Waals surface area contributed by atoms with E-state index in [1.807, 2.05) is 0 Å². The third-order valence-corrected chi connectivity index (χ3v) is 2.33. The Morgan fingerprint density at radius 1 is 1.22 bits per heavy atom. The first-order chi connectivity index (χ1) is 8.23. The van der Waals surface area contributed by atoms with Gasteiger partial charge in [-0.3, -0.25) is 9.78 Å². The average molecular weight is 249 g/mol. The van der Waals surface area contributed by atoms with Crippen LogP contribution >= 0.6 is 0 Å². The van der Waals surface area contributed by atoms with Crippen molar-refractivity contribution in [2.45, 2.75) is 20.8 Å². The highest BCUT2D eigenvalue weighted by Gasteiger charge is 2.21. The molecule has 0 saturated heterocycles. The van der Waals surface area contributed by atoms with Crippen LogP contribution in [0.25, 0.3) is 5.76 Å². The summed E-state index contributed by atoms with van der Waals surface area (Å²) < 4.78 is 0. The first-order valence-electron chi connectivity index (χ1n) is 5.36. The van der Waals surface area contributed by atoms with Crippen LogP contribution in [0.4, 0.5) is 0 Å².